The summed E-state index contributed by atoms with van der Waals surface area (Å²) in [5.74, 6) is -0.616. The molecule has 2 aromatic rings. The molecule has 0 aliphatic carbocycles. The summed E-state index contributed by atoms with van der Waals surface area (Å²) in [5.41, 5.74) is 1.73. The van der Waals surface area contributed by atoms with Crippen molar-refractivity contribution in [3.8, 4) is 5.75 Å². The van der Waals surface area contributed by atoms with Crippen LogP contribution in [0.5, 0.6) is 5.75 Å². The van der Waals surface area contributed by atoms with Gasteiger partial charge in [0.2, 0.25) is 0 Å². The van der Waals surface area contributed by atoms with Crippen LogP contribution in [0.15, 0.2) is 22.0 Å². The molecule has 1 N–H and O–H groups in total. The minimum Gasteiger partial charge on any atom is -0.486 e. The predicted octanol–water partition coefficient (Wildman–Crippen LogP) is 3.80. The molecule has 100 valence electrons. The average Bonchev–Trinajstić information content (AvgIpc) is 2.73. The van der Waals surface area contributed by atoms with E-state index in [-0.39, 0.29) is 12.2 Å². The zero-order chi connectivity index (χ0) is 14.0. The van der Waals surface area contributed by atoms with Gasteiger partial charge >= 0.3 is 5.97 Å². The highest BCUT2D eigenvalue weighted by Crippen LogP contribution is 2.29. The van der Waals surface area contributed by atoms with Crippen LogP contribution in [-0.4, -0.2) is 16.1 Å². The lowest BCUT2D eigenvalue weighted by molar-refractivity contribution is 0.0691. The number of carbonyl (C=O) groups is 1. The van der Waals surface area contributed by atoms with Crippen LogP contribution in [0.3, 0.4) is 0 Å². The first-order valence-corrected chi connectivity index (χ1v) is 7.22. The third-order valence-corrected chi connectivity index (χ3v) is 3.78. The number of aromatic nitrogens is 1. The molecule has 1 heterocycles. The zero-order valence-corrected chi connectivity index (χ0v) is 12.8. The van der Waals surface area contributed by atoms with E-state index in [1.807, 2.05) is 25.3 Å². The quantitative estimate of drug-likeness (QED) is 0.918. The number of carboxylic acids is 1. The topological polar surface area (TPSA) is 59.4 Å². The molecule has 6 heteroatoms. The number of carboxylic acid groups (broad SMARTS) is 1. The van der Waals surface area contributed by atoms with Gasteiger partial charge in [-0.1, -0.05) is 15.9 Å². The van der Waals surface area contributed by atoms with Crippen molar-refractivity contribution in [1.29, 1.82) is 0 Å². The largest absolute Gasteiger partial charge is 0.486 e. The molecule has 4 nitrogen and oxygen atoms in total. The number of halogens is 1. The Morgan fingerprint density at radius 3 is 2.79 bits per heavy atom. The molecule has 0 saturated carbocycles. The molecule has 0 radical (unpaired) electrons. The molecule has 0 amide bonds. The minimum atomic E-state index is -1.01. The molecular formula is C13H12BrNO3S. The third kappa shape index (κ3) is 3.33. The van der Waals surface area contributed by atoms with E-state index in [4.69, 9.17) is 4.74 Å². The number of ether oxygens (including phenoxy) is 1. The van der Waals surface area contributed by atoms with Crippen molar-refractivity contribution >= 4 is 33.2 Å². The standard InChI is InChI=1S/C13H12BrNO3S/c1-7-3-9(14)4-11(13(16)17)12(7)18-5-10-6-19-8(2)15-10/h3-4,6H,5H2,1-2H3,(H,16,17). The van der Waals surface area contributed by atoms with Crippen LogP contribution in [0.2, 0.25) is 0 Å². The van der Waals surface area contributed by atoms with Gasteiger partial charge in [-0.05, 0) is 31.5 Å². The smallest absolute Gasteiger partial charge is 0.339 e. The number of hydrogen-bond acceptors (Lipinski definition) is 4. The maximum absolute atomic E-state index is 11.2. The SMILES string of the molecule is Cc1nc(COc2c(C)cc(Br)cc2C(=O)O)cs1. The van der Waals surface area contributed by atoms with E-state index in [0.717, 1.165) is 20.7 Å². The van der Waals surface area contributed by atoms with E-state index >= 15 is 0 Å². The van der Waals surface area contributed by atoms with Crippen LogP contribution in [0.25, 0.3) is 0 Å². The molecule has 0 saturated heterocycles. The lowest BCUT2D eigenvalue weighted by Gasteiger charge is -2.11. The highest BCUT2D eigenvalue weighted by atomic mass is 79.9. The summed E-state index contributed by atoms with van der Waals surface area (Å²) in [6.45, 7) is 4.01. The molecule has 0 fully saturated rings. The maximum atomic E-state index is 11.2. The Balaban J connectivity index is 2.26. The average molecular weight is 342 g/mol. The van der Waals surface area contributed by atoms with Crippen LogP contribution < -0.4 is 4.74 Å². The Hall–Kier alpha value is -1.40. The first kappa shape index (κ1) is 14.0. The summed E-state index contributed by atoms with van der Waals surface area (Å²) in [7, 11) is 0. The van der Waals surface area contributed by atoms with E-state index in [2.05, 4.69) is 20.9 Å². The second kappa shape index (κ2) is 5.71. The fourth-order valence-corrected chi connectivity index (χ4v) is 2.87. The molecule has 0 unspecified atom stereocenters. The number of hydrogen-bond donors (Lipinski definition) is 1. The van der Waals surface area contributed by atoms with Gasteiger partial charge in [-0.2, -0.15) is 0 Å². The first-order valence-electron chi connectivity index (χ1n) is 5.54. The first-order chi connectivity index (χ1) is 8.97. The summed E-state index contributed by atoms with van der Waals surface area (Å²) < 4.78 is 6.35. The number of aromatic carboxylic acids is 1. The molecule has 0 aliphatic rings. The normalized spacial score (nSPS) is 10.5. The molecule has 1 aromatic carbocycles. The second-order valence-corrected chi connectivity index (χ2v) is 6.03. The van der Waals surface area contributed by atoms with Crippen LogP contribution in [0.4, 0.5) is 0 Å². The van der Waals surface area contributed by atoms with Gasteiger partial charge in [-0.25, -0.2) is 9.78 Å². The van der Waals surface area contributed by atoms with Crippen molar-refractivity contribution in [3.63, 3.8) is 0 Å². The van der Waals surface area contributed by atoms with Crippen LogP contribution in [-0.2, 0) is 6.61 Å². The van der Waals surface area contributed by atoms with Crippen molar-refractivity contribution in [2.24, 2.45) is 0 Å². The molecule has 0 bridgehead atoms. The van der Waals surface area contributed by atoms with Crippen LogP contribution in [0.1, 0.15) is 26.6 Å². The molecule has 0 aliphatic heterocycles. The highest BCUT2D eigenvalue weighted by molar-refractivity contribution is 9.10. The summed E-state index contributed by atoms with van der Waals surface area (Å²) >= 11 is 4.83. The molecular weight excluding hydrogens is 330 g/mol. The number of nitrogens with zero attached hydrogens (tertiary/aromatic N) is 1. The van der Waals surface area contributed by atoms with Gasteiger partial charge in [0.05, 0.1) is 10.7 Å². The van der Waals surface area contributed by atoms with Crippen molar-refractivity contribution in [2.45, 2.75) is 20.5 Å². The van der Waals surface area contributed by atoms with E-state index < -0.39 is 5.97 Å². The molecule has 2 rings (SSSR count). The van der Waals surface area contributed by atoms with Crippen molar-refractivity contribution in [2.75, 3.05) is 0 Å². The van der Waals surface area contributed by atoms with Gasteiger partial charge in [0.15, 0.2) is 0 Å². The number of aryl methyl sites for hydroxylation is 2. The number of benzene rings is 1. The lowest BCUT2D eigenvalue weighted by Crippen LogP contribution is -2.05. The Kier molecular flexibility index (Phi) is 4.21. The van der Waals surface area contributed by atoms with Gasteiger partial charge in [0.25, 0.3) is 0 Å². The van der Waals surface area contributed by atoms with Gasteiger partial charge in [0.1, 0.15) is 17.9 Å². The van der Waals surface area contributed by atoms with E-state index in [1.54, 1.807) is 11.3 Å². The molecule has 1 aromatic heterocycles. The third-order valence-electron chi connectivity index (χ3n) is 2.50. The Morgan fingerprint density at radius 1 is 1.47 bits per heavy atom. The van der Waals surface area contributed by atoms with E-state index in [1.165, 1.54) is 6.07 Å². The Bertz CT molecular complexity index is 624. The van der Waals surface area contributed by atoms with Crippen molar-refractivity contribution in [3.05, 3.63) is 43.8 Å². The predicted molar refractivity (Wildman–Crippen MR) is 77.0 cm³/mol. The molecule has 0 spiro atoms. The van der Waals surface area contributed by atoms with Crippen LogP contribution >= 0.6 is 27.3 Å². The fourth-order valence-electron chi connectivity index (χ4n) is 1.70. The van der Waals surface area contributed by atoms with Crippen molar-refractivity contribution < 1.29 is 14.6 Å². The van der Waals surface area contributed by atoms with Gasteiger partial charge in [-0.15, -0.1) is 11.3 Å². The zero-order valence-electron chi connectivity index (χ0n) is 10.4. The molecule has 19 heavy (non-hydrogen) atoms. The Labute approximate surface area is 123 Å². The monoisotopic (exact) mass is 341 g/mol. The number of thiazole rings is 1. The minimum absolute atomic E-state index is 0.152. The van der Waals surface area contributed by atoms with E-state index in [0.29, 0.717) is 5.75 Å². The summed E-state index contributed by atoms with van der Waals surface area (Å²) in [6.07, 6.45) is 0. The summed E-state index contributed by atoms with van der Waals surface area (Å²) in [4.78, 5) is 15.5. The van der Waals surface area contributed by atoms with E-state index in [9.17, 15) is 9.90 Å². The summed E-state index contributed by atoms with van der Waals surface area (Å²) in [6, 6.07) is 3.37. The van der Waals surface area contributed by atoms with Gasteiger partial charge in [0, 0.05) is 9.85 Å². The lowest BCUT2D eigenvalue weighted by atomic mass is 10.1. The number of rotatable bonds is 4. The second-order valence-electron chi connectivity index (χ2n) is 4.05. The van der Waals surface area contributed by atoms with Gasteiger partial charge < -0.3 is 9.84 Å². The molecule has 0 atom stereocenters. The fraction of sp³-hybridized carbons (Fsp3) is 0.231. The highest BCUT2D eigenvalue weighted by Gasteiger charge is 2.15. The van der Waals surface area contributed by atoms with Gasteiger partial charge in [-0.3, -0.25) is 0 Å². The summed E-state index contributed by atoms with van der Waals surface area (Å²) in [5, 5.41) is 12.1. The van der Waals surface area contributed by atoms with Crippen LogP contribution in [0, 0.1) is 13.8 Å². The Morgan fingerprint density at radius 2 is 2.21 bits per heavy atom. The maximum Gasteiger partial charge on any atom is 0.339 e. The van der Waals surface area contributed by atoms with Crippen molar-refractivity contribution in [1.82, 2.24) is 4.98 Å².